The molecule has 0 spiro atoms. The van der Waals surface area contributed by atoms with E-state index in [0.717, 1.165) is 37.2 Å². The Bertz CT molecular complexity index is 944. The molecule has 0 aromatic heterocycles. The second kappa shape index (κ2) is 4.92. The van der Waals surface area contributed by atoms with E-state index >= 15 is 0 Å². The molecule has 4 heterocycles. The Balaban J connectivity index is 1.75. The topological polar surface area (TPSA) is 62.2 Å². The van der Waals surface area contributed by atoms with E-state index < -0.39 is 16.6 Å². The minimum atomic E-state index is -0.764. The number of piperidine rings is 2. The summed E-state index contributed by atoms with van der Waals surface area (Å²) in [6.07, 6.45) is 3.92. The van der Waals surface area contributed by atoms with Gasteiger partial charge in [-0.3, -0.25) is 9.69 Å². The summed E-state index contributed by atoms with van der Waals surface area (Å²) in [6.45, 7) is 4.25. The van der Waals surface area contributed by atoms with E-state index in [9.17, 15) is 9.90 Å². The Morgan fingerprint density at radius 1 is 1.43 bits per heavy atom. The first-order valence-electron chi connectivity index (χ1n) is 10.2. The number of hydrogen-bond acceptors (Lipinski definition) is 6. The maximum Gasteiger partial charge on any atom is 0.315 e. The van der Waals surface area contributed by atoms with Crippen molar-refractivity contribution in [1.29, 1.82) is 0 Å². The van der Waals surface area contributed by atoms with Gasteiger partial charge >= 0.3 is 5.97 Å². The summed E-state index contributed by atoms with van der Waals surface area (Å²) >= 11 is 0. The smallest absolute Gasteiger partial charge is 0.315 e. The highest BCUT2D eigenvalue weighted by molar-refractivity contribution is 5.86. The first-order chi connectivity index (χ1) is 13.5. The molecule has 1 saturated carbocycles. The monoisotopic (exact) mass is 382 g/mol. The van der Waals surface area contributed by atoms with Crippen LogP contribution < -0.4 is 4.90 Å². The number of rotatable bonds is 1. The van der Waals surface area contributed by atoms with Crippen molar-refractivity contribution < 1.29 is 19.4 Å². The van der Waals surface area contributed by atoms with Crippen LogP contribution in [0.5, 0.6) is 5.75 Å². The average Bonchev–Trinajstić information content (AvgIpc) is 3.08. The van der Waals surface area contributed by atoms with E-state index in [4.69, 9.17) is 9.47 Å². The van der Waals surface area contributed by atoms with Crippen molar-refractivity contribution in [2.75, 3.05) is 38.8 Å². The third-order valence-electron chi connectivity index (χ3n) is 8.67. The molecule has 4 aliphatic heterocycles. The number of nitrogens with zero attached hydrogens (tertiary/aromatic N) is 2. The molecule has 0 amide bonds. The second-order valence-corrected chi connectivity index (χ2v) is 9.00. The highest BCUT2D eigenvalue weighted by Gasteiger charge is 2.86. The molecule has 6 rings (SSSR count). The molecule has 5 bridgehead atoms. The van der Waals surface area contributed by atoms with Crippen molar-refractivity contribution in [2.24, 2.45) is 11.3 Å². The lowest BCUT2D eigenvalue weighted by Gasteiger charge is -2.66. The lowest BCUT2D eigenvalue weighted by atomic mass is 9.43. The summed E-state index contributed by atoms with van der Waals surface area (Å²) in [6, 6.07) is 5.79. The maximum atomic E-state index is 13.6. The number of aromatic hydroxyl groups is 1. The minimum Gasteiger partial charge on any atom is -0.508 e. The number of fused-ring (bicyclic) bond motifs is 3. The molecule has 1 N–H and O–H groups in total. The van der Waals surface area contributed by atoms with Gasteiger partial charge < -0.3 is 19.5 Å². The summed E-state index contributed by atoms with van der Waals surface area (Å²) in [5.41, 5.74) is 1.54. The van der Waals surface area contributed by atoms with Crippen LogP contribution in [0.25, 0.3) is 0 Å². The van der Waals surface area contributed by atoms with Gasteiger partial charge in [0.1, 0.15) is 11.2 Å². The molecule has 6 nitrogen and oxygen atoms in total. The van der Waals surface area contributed by atoms with Gasteiger partial charge in [0.05, 0.1) is 25.2 Å². The number of carbonyl (C=O) groups excluding carboxylic acids is 1. The Hall–Kier alpha value is -2.05. The van der Waals surface area contributed by atoms with Gasteiger partial charge in [0.25, 0.3) is 0 Å². The fourth-order valence-corrected chi connectivity index (χ4v) is 7.78. The summed E-state index contributed by atoms with van der Waals surface area (Å²) < 4.78 is 12.2. The maximum absolute atomic E-state index is 13.6. The largest absolute Gasteiger partial charge is 0.508 e. The number of methoxy groups -OCH3 is 1. The minimum absolute atomic E-state index is 0.101. The van der Waals surface area contributed by atoms with Gasteiger partial charge in [0.15, 0.2) is 5.72 Å². The van der Waals surface area contributed by atoms with Crippen molar-refractivity contribution in [2.45, 2.75) is 36.9 Å². The SMILES string of the molecule is C/C=C1/CN2CC[C@@]34c5cc(O)ccc5N(C)[C@]35OC[C@@]4(C(=O)OC)C1C[C@H]25. The normalized spacial score (nSPS) is 44.0. The molecule has 1 aromatic rings. The molecule has 1 aliphatic carbocycles. The predicted octanol–water partition coefficient (Wildman–Crippen LogP) is 2.02. The van der Waals surface area contributed by atoms with Crippen LogP contribution in [0.3, 0.4) is 0 Å². The Labute approximate surface area is 164 Å². The summed E-state index contributed by atoms with van der Waals surface area (Å²) in [7, 11) is 3.58. The summed E-state index contributed by atoms with van der Waals surface area (Å²) in [5.74, 6) is 0.170. The zero-order valence-electron chi connectivity index (χ0n) is 16.6. The molecule has 5 aliphatic rings. The van der Waals surface area contributed by atoms with Crippen LogP contribution in [0.2, 0.25) is 0 Å². The molecule has 5 atom stereocenters. The third-order valence-corrected chi connectivity index (χ3v) is 8.67. The van der Waals surface area contributed by atoms with Crippen LogP contribution in [0.1, 0.15) is 25.3 Å². The predicted molar refractivity (Wildman–Crippen MR) is 103 cm³/mol. The van der Waals surface area contributed by atoms with Crippen molar-refractivity contribution >= 4 is 11.7 Å². The van der Waals surface area contributed by atoms with Crippen LogP contribution in [0, 0.1) is 11.3 Å². The fraction of sp³-hybridized carbons (Fsp3) is 0.591. The van der Waals surface area contributed by atoms with Crippen LogP contribution in [0.15, 0.2) is 29.8 Å². The molecular weight excluding hydrogens is 356 g/mol. The van der Waals surface area contributed by atoms with Crippen molar-refractivity contribution in [3.63, 3.8) is 0 Å². The van der Waals surface area contributed by atoms with E-state index in [1.54, 1.807) is 6.07 Å². The number of esters is 1. The van der Waals surface area contributed by atoms with Crippen molar-refractivity contribution in [1.82, 2.24) is 4.90 Å². The van der Waals surface area contributed by atoms with Crippen LogP contribution >= 0.6 is 0 Å². The number of anilines is 1. The molecule has 3 saturated heterocycles. The highest BCUT2D eigenvalue weighted by atomic mass is 16.6. The molecule has 148 valence electrons. The van der Waals surface area contributed by atoms with Gasteiger partial charge in [-0.15, -0.1) is 0 Å². The first kappa shape index (κ1) is 16.9. The van der Waals surface area contributed by atoms with E-state index in [2.05, 4.69) is 29.8 Å². The van der Waals surface area contributed by atoms with E-state index in [0.29, 0.717) is 6.61 Å². The standard InChI is InChI=1S/C22H26N2O4/c1-4-13-11-24-8-7-21-16-9-14(25)5-6-17(16)23(2)22(21)18(24)10-15(13)20(21,12-28-22)19(26)27-3/h4-6,9,15,18,25H,7-8,10-12H2,1-3H3/b13-4-/t15?,18-,20-,21-,22+/m0/s1. The van der Waals surface area contributed by atoms with Gasteiger partial charge in [-0.2, -0.15) is 0 Å². The Kier molecular flexibility index (Phi) is 2.96. The first-order valence-corrected chi connectivity index (χ1v) is 10.2. The molecule has 1 aromatic carbocycles. The Morgan fingerprint density at radius 3 is 3.00 bits per heavy atom. The average molecular weight is 382 g/mol. The quantitative estimate of drug-likeness (QED) is 0.592. The zero-order valence-corrected chi connectivity index (χ0v) is 16.6. The number of benzene rings is 1. The second-order valence-electron chi connectivity index (χ2n) is 9.00. The summed E-state index contributed by atoms with van der Waals surface area (Å²) in [5, 5.41) is 10.4. The van der Waals surface area contributed by atoms with Gasteiger partial charge in [-0.1, -0.05) is 11.6 Å². The molecule has 0 radical (unpaired) electrons. The van der Waals surface area contributed by atoms with Crippen LogP contribution in [-0.2, 0) is 19.7 Å². The van der Waals surface area contributed by atoms with Gasteiger partial charge in [0.2, 0.25) is 0 Å². The van der Waals surface area contributed by atoms with E-state index in [-0.39, 0.29) is 23.7 Å². The zero-order chi connectivity index (χ0) is 19.5. The van der Waals surface area contributed by atoms with Crippen LogP contribution in [0.4, 0.5) is 5.69 Å². The summed E-state index contributed by atoms with van der Waals surface area (Å²) in [4.78, 5) is 18.4. The van der Waals surface area contributed by atoms with Crippen molar-refractivity contribution in [3.8, 4) is 5.75 Å². The highest BCUT2D eigenvalue weighted by Crippen LogP contribution is 2.76. The Morgan fingerprint density at radius 2 is 2.25 bits per heavy atom. The molecular formula is C22H26N2O4. The lowest BCUT2D eigenvalue weighted by molar-refractivity contribution is -0.184. The lowest BCUT2D eigenvalue weighted by Crippen LogP contribution is -2.80. The van der Waals surface area contributed by atoms with Gasteiger partial charge in [-0.05, 0) is 43.5 Å². The number of likely N-dealkylation sites (N-methyl/N-ethyl adjacent to an activating group) is 1. The number of ether oxygens (including phenoxy) is 2. The van der Waals surface area contributed by atoms with Gasteiger partial charge in [0, 0.05) is 31.7 Å². The number of phenolic OH excluding ortho intramolecular Hbond substituents is 1. The van der Waals surface area contributed by atoms with Crippen LogP contribution in [-0.4, -0.2) is 61.6 Å². The number of allylic oxidation sites excluding steroid dienone is 1. The molecule has 6 heteroatoms. The fourth-order valence-electron chi connectivity index (χ4n) is 7.78. The molecule has 4 fully saturated rings. The molecule has 1 unspecified atom stereocenters. The molecule has 28 heavy (non-hydrogen) atoms. The van der Waals surface area contributed by atoms with Crippen molar-refractivity contribution in [3.05, 3.63) is 35.4 Å². The van der Waals surface area contributed by atoms with E-state index in [1.165, 1.54) is 12.7 Å². The number of carbonyl (C=O) groups is 1. The van der Waals surface area contributed by atoms with Gasteiger partial charge in [-0.25, -0.2) is 0 Å². The van der Waals surface area contributed by atoms with E-state index in [1.807, 2.05) is 12.1 Å². The third kappa shape index (κ3) is 1.37. The number of phenols is 1. The number of hydrogen-bond donors (Lipinski definition) is 1.